The first-order valence-electron chi connectivity index (χ1n) is 12.4. The maximum absolute atomic E-state index is 12.9. The Morgan fingerprint density at radius 1 is 1.09 bits per heavy atom. The van der Waals surface area contributed by atoms with Gasteiger partial charge in [-0.05, 0) is 43.7 Å². The highest BCUT2D eigenvalue weighted by Gasteiger charge is 2.29. The van der Waals surface area contributed by atoms with Crippen LogP contribution in [0, 0.1) is 5.92 Å². The van der Waals surface area contributed by atoms with E-state index in [9.17, 15) is 14.4 Å². The van der Waals surface area contributed by atoms with Crippen LogP contribution in [0.4, 0.5) is 11.4 Å². The number of rotatable bonds is 6. The molecule has 35 heavy (non-hydrogen) atoms. The van der Waals surface area contributed by atoms with Gasteiger partial charge in [0.05, 0.1) is 11.4 Å². The number of para-hydroxylation sites is 2. The van der Waals surface area contributed by atoms with Crippen LogP contribution in [0.15, 0.2) is 28.8 Å². The molecule has 0 bridgehead atoms. The van der Waals surface area contributed by atoms with E-state index in [1.807, 2.05) is 17.0 Å². The number of nitrogens with zero attached hydrogens (tertiary/aromatic N) is 4. The summed E-state index contributed by atoms with van der Waals surface area (Å²) < 4.78 is 10.9. The van der Waals surface area contributed by atoms with E-state index in [-0.39, 0.29) is 43.0 Å². The van der Waals surface area contributed by atoms with Crippen molar-refractivity contribution in [1.29, 1.82) is 0 Å². The molecule has 0 radical (unpaired) electrons. The summed E-state index contributed by atoms with van der Waals surface area (Å²) in [6.45, 7) is 2.74. The quantitative estimate of drug-likeness (QED) is 0.674. The van der Waals surface area contributed by atoms with Crippen molar-refractivity contribution in [3.05, 3.63) is 36.0 Å². The number of amides is 3. The monoisotopic (exact) mass is 481 g/mol. The molecule has 5 rings (SSSR count). The van der Waals surface area contributed by atoms with Crippen LogP contribution in [0.3, 0.4) is 0 Å². The number of fused-ring (bicyclic) bond motifs is 1. The molecule has 0 aliphatic carbocycles. The summed E-state index contributed by atoms with van der Waals surface area (Å²) in [4.78, 5) is 45.7. The molecule has 3 amide bonds. The summed E-state index contributed by atoms with van der Waals surface area (Å²) >= 11 is 0. The molecular formula is C25H31N5O5. The summed E-state index contributed by atoms with van der Waals surface area (Å²) in [5, 5.41) is 6.96. The number of carbonyl (C=O) groups excluding carboxylic acids is 3. The van der Waals surface area contributed by atoms with E-state index in [0.717, 1.165) is 44.7 Å². The fourth-order valence-corrected chi connectivity index (χ4v) is 5.14. The fourth-order valence-electron chi connectivity index (χ4n) is 5.14. The number of likely N-dealkylation sites (tertiary alicyclic amines) is 1. The lowest BCUT2D eigenvalue weighted by molar-refractivity contribution is -0.134. The van der Waals surface area contributed by atoms with Crippen LogP contribution in [0.25, 0.3) is 0 Å². The van der Waals surface area contributed by atoms with Crippen LogP contribution in [0.1, 0.15) is 56.2 Å². The van der Waals surface area contributed by atoms with Gasteiger partial charge >= 0.3 is 0 Å². The van der Waals surface area contributed by atoms with Crippen LogP contribution < -0.4 is 10.2 Å². The number of piperidine rings is 1. The van der Waals surface area contributed by atoms with Crippen molar-refractivity contribution < 1.29 is 23.6 Å². The number of ether oxygens (including phenoxy) is 1. The van der Waals surface area contributed by atoms with Gasteiger partial charge in [0.15, 0.2) is 5.82 Å². The molecular weight excluding hydrogens is 450 g/mol. The highest BCUT2D eigenvalue weighted by atomic mass is 16.5. The van der Waals surface area contributed by atoms with Crippen molar-refractivity contribution in [2.75, 3.05) is 43.1 Å². The largest absolute Gasteiger partial charge is 0.381 e. The molecule has 3 aliphatic heterocycles. The first kappa shape index (κ1) is 23.5. The molecule has 186 valence electrons. The summed E-state index contributed by atoms with van der Waals surface area (Å²) in [6, 6.07) is 7.20. The van der Waals surface area contributed by atoms with E-state index in [2.05, 4.69) is 15.5 Å². The Bertz CT molecular complexity index is 1080. The lowest BCUT2D eigenvalue weighted by Crippen LogP contribution is -2.43. The average molecular weight is 482 g/mol. The lowest BCUT2D eigenvalue weighted by atomic mass is 9.94. The molecule has 0 saturated carbocycles. The van der Waals surface area contributed by atoms with Crippen molar-refractivity contribution in [3.8, 4) is 0 Å². The first-order chi connectivity index (χ1) is 17.1. The third-order valence-corrected chi connectivity index (χ3v) is 7.03. The van der Waals surface area contributed by atoms with Crippen LogP contribution in [-0.4, -0.2) is 65.6 Å². The molecule has 1 unspecified atom stereocenters. The molecule has 10 heteroatoms. The van der Waals surface area contributed by atoms with Crippen molar-refractivity contribution >= 4 is 29.1 Å². The van der Waals surface area contributed by atoms with Crippen LogP contribution in [0.2, 0.25) is 0 Å². The van der Waals surface area contributed by atoms with Gasteiger partial charge in [-0.2, -0.15) is 4.98 Å². The summed E-state index contributed by atoms with van der Waals surface area (Å²) in [5.41, 5.74) is 1.28. The van der Waals surface area contributed by atoms with Gasteiger partial charge in [-0.1, -0.05) is 17.3 Å². The van der Waals surface area contributed by atoms with E-state index in [1.165, 1.54) is 4.90 Å². The minimum Gasteiger partial charge on any atom is -0.381 e. The Morgan fingerprint density at radius 3 is 2.74 bits per heavy atom. The SMILES string of the molecule is O=C1CN(C(=O)CCC(=O)N2CCCC(Cc3nc(C4CCOCC4)no3)C2)c2ccccc2N1. The number of anilines is 2. The topological polar surface area (TPSA) is 118 Å². The van der Waals surface area contributed by atoms with Gasteiger partial charge in [0.2, 0.25) is 23.6 Å². The van der Waals surface area contributed by atoms with Crippen molar-refractivity contribution in [3.63, 3.8) is 0 Å². The van der Waals surface area contributed by atoms with Gasteiger partial charge in [0.1, 0.15) is 6.54 Å². The van der Waals surface area contributed by atoms with Gasteiger partial charge in [-0.15, -0.1) is 0 Å². The minimum absolute atomic E-state index is 0.0319. The number of aromatic nitrogens is 2. The second-order valence-electron chi connectivity index (χ2n) is 9.53. The molecule has 1 N–H and O–H groups in total. The molecule has 1 aromatic heterocycles. The van der Waals surface area contributed by atoms with Gasteiger partial charge < -0.3 is 24.4 Å². The molecule has 2 fully saturated rings. The van der Waals surface area contributed by atoms with Gasteiger partial charge in [-0.3, -0.25) is 14.4 Å². The molecule has 1 atom stereocenters. The summed E-state index contributed by atoms with van der Waals surface area (Å²) in [5.74, 6) is 1.45. The fraction of sp³-hybridized carbons (Fsp3) is 0.560. The molecule has 3 aliphatic rings. The van der Waals surface area contributed by atoms with E-state index in [1.54, 1.807) is 12.1 Å². The Morgan fingerprint density at radius 2 is 1.89 bits per heavy atom. The molecule has 0 spiro atoms. The van der Waals surface area contributed by atoms with Crippen LogP contribution in [-0.2, 0) is 25.5 Å². The molecule has 2 saturated heterocycles. The van der Waals surface area contributed by atoms with E-state index >= 15 is 0 Å². The maximum Gasteiger partial charge on any atom is 0.244 e. The first-order valence-corrected chi connectivity index (χ1v) is 12.4. The summed E-state index contributed by atoms with van der Waals surface area (Å²) in [6.07, 6.45) is 4.58. The highest BCUT2D eigenvalue weighted by Crippen LogP contribution is 2.30. The molecule has 1 aromatic carbocycles. The van der Waals surface area contributed by atoms with Crippen molar-refractivity contribution in [2.45, 2.75) is 50.9 Å². The number of hydrogen-bond acceptors (Lipinski definition) is 7. The third-order valence-electron chi connectivity index (χ3n) is 7.03. The predicted molar refractivity (Wildman–Crippen MR) is 127 cm³/mol. The molecule has 10 nitrogen and oxygen atoms in total. The van der Waals surface area contributed by atoms with Crippen LogP contribution in [0.5, 0.6) is 0 Å². The Labute approximate surface area is 204 Å². The van der Waals surface area contributed by atoms with Crippen molar-refractivity contribution in [2.24, 2.45) is 5.92 Å². The average Bonchev–Trinajstić information content (AvgIpc) is 3.35. The number of hydrogen-bond donors (Lipinski definition) is 1. The zero-order chi connectivity index (χ0) is 24.2. The van der Waals surface area contributed by atoms with E-state index < -0.39 is 0 Å². The number of carbonyl (C=O) groups is 3. The zero-order valence-electron chi connectivity index (χ0n) is 19.8. The maximum atomic E-state index is 12.9. The van der Waals surface area contributed by atoms with Crippen molar-refractivity contribution in [1.82, 2.24) is 15.0 Å². The van der Waals surface area contributed by atoms with Crippen LogP contribution >= 0.6 is 0 Å². The number of nitrogens with one attached hydrogen (secondary N) is 1. The van der Waals surface area contributed by atoms with E-state index in [4.69, 9.17) is 9.26 Å². The van der Waals surface area contributed by atoms with E-state index in [0.29, 0.717) is 42.7 Å². The highest BCUT2D eigenvalue weighted by molar-refractivity contribution is 6.10. The zero-order valence-corrected chi connectivity index (χ0v) is 19.8. The predicted octanol–water partition coefficient (Wildman–Crippen LogP) is 2.51. The summed E-state index contributed by atoms with van der Waals surface area (Å²) in [7, 11) is 0. The Hall–Kier alpha value is -3.27. The normalized spacial score (nSPS) is 20.9. The Kier molecular flexibility index (Phi) is 7.08. The Balaban J connectivity index is 1.13. The molecule has 2 aromatic rings. The third kappa shape index (κ3) is 5.53. The second-order valence-corrected chi connectivity index (χ2v) is 9.53. The van der Waals surface area contributed by atoms with Gasteiger partial charge in [0, 0.05) is 51.5 Å². The lowest BCUT2D eigenvalue weighted by Gasteiger charge is -2.33. The number of benzene rings is 1. The molecule has 4 heterocycles. The second kappa shape index (κ2) is 10.6. The smallest absolute Gasteiger partial charge is 0.244 e. The van der Waals surface area contributed by atoms with Gasteiger partial charge in [0.25, 0.3) is 0 Å². The minimum atomic E-state index is -0.233. The standard InChI is InChI=1S/C25H31N5O5/c31-21-16-30(20-6-2-1-5-19(20)26-21)24(33)8-7-23(32)29-11-3-4-17(15-29)14-22-27-25(28-35-22)18-9-12-34-13-10-18/h1-2,5-6,17-18H,3-4,7-16H2,(H,26,31). The van der Waals surface area contributed by atoms with Gasteiger partial charge in [-0.25, -0.2) is 0 Å².